The summed E-state index contributed by atoms with van der Waals surface area (Å²) in [5.41, 5.74) is 0.619. The minimum atomic E-state index is -0.420. The summed E-state index contributed by atoms with van der Waals surface area (Å²) in [7, 11) is 4.84. The van der Waals surface area contributed by atoms with E-state index in [4.69, 9.17) is 14.2 Å². The van der Waals surface area contributed by atoms with Crippen molar-refractivity contribution in [2.45, 2.75) is 57.5 Å². The van der Waals surface area contributed by atoms with E-state index in [-0.39, 0.29) is 17.9 Å². The van der Waals surface area contributed by atoms with Crippen molar-refractivity contribution in [2.24, 2.45) is 0 Å². The number of methoxy groups -OCH3 is 3. The van der Waals surface area contributed by atoms with Gasteiger partial charge in [0.2, 0.25) is 11.8 Å². The van der Waals surface area contributed by atoms with Crippen LogP contribution >= 0.6 is 0 Å². The standard InChI is InChI=1S/C22H34N2O5/c1-16(2)24(12-13-27-3)21(26)9-11-22(10-8-20(25)23-22)15-17-6-7-18(28-4)19(14-17)29-5/h6-7,14,16H,8-13,15H2,1-5H3,(H,23,25)/t22-/m1/s1. The summed E-state index contributed by atoms with van der Waals surface area (Å²) in [6.45, 7) is 5.09. The van der Waals surface area contributed by atoms with Crippen molar-refractivity contribution in [3.63, 3.8) is 0 Å². The first-order chi connectivity index (χ1) is 13.8. The molecule has 1 saturated heterocycles. The molecular formula is C22H34N2O5. The molecule has 2 amide bonds. The van der Waals surface area contributed by atoms with Gasteiger partial charge >= 0.3 is 0 Å². The predicted molar refractivity (Wildman–Crippen MR) is 111 cm³/mol. The molecule has 1 atom stereocenters. The molecule has 0 aliphatic carbocycles. The molecular weight excluding hydrogens is 372 g/mol. The molecule has 1 heterocycles. The molecule has 7 nitrogen and oxygen atoms in total. The van der Waals surface area contributed by atoms with Crippen molar-refractivity contribution in [2.75, 3.05) is 34.5 Å². The third kappa shape index (κ3) is 6.10. The van der Waals surface area contributed by atoms with Gasteiger partial charge in [0.25, 0.3) is 0 Å². The Morgan fingerprint density at radius 1 is 1.21 bits per heavy atom. The van der Waals surface area contributed by atoms with Gasteiger partial charge in [-0.05, 0) is 50.8 Å². The molecule has 0 bridgehead atoms. The SMILES string of the molecule is COCCN(C(=O)CC[C@@]1(Cc2ccc(OC)c(OC)c2)CCC(=O)N1)C(C)C. The first-order valence-corrected chi connectivity index (χ1v) is 10.1. The average molecular weight is 407 g/mol. The van der Waals surface area contributed by atoms with E-state index in [0.29, 0.717) is 56.8 Å². The average Bonchev–Trinajstić information content (AvgIpc) is 3.07. The zero-order chi connectivity index (χ0) is 21.4. The molecule has 0 saturated carbocycles. The fourth-order valence-corrected chi connectivity index (χ4v) is 3.91. The van der Waals surface area contributed by atoms with Crippen LogP contribution in [0.3, 0.4) is 0 Å². The molecule has 7 heteroatoms. The maximum atomic E-state index is 12.8. The van der Waals surface area contributed by atoms with Gasteiger partial charge in [0.15, 0.2) is 11.5 Å². The zero-order valence-electron chi connectivity index (χ0n) is 18.2. The molecule has 0 spiro atoms. The van der Waals surface area contributed by atoms with E-state index in [9.17, 15) is 9.59 Å². The molecule has 1 aromatic rings. The molecule has 162 valence electrons. The topological polar surface area (TPSA) is 77.1 Å². The van der Waals surface area contributed by atoms with Gasteiger partial charge in [0.1, 0.15) is 0 Å². The first kappa shape index (κ1) is 23.0. The Hall–Kier alpha value is -2.28. The van der Waals surface area contributed by atoms with Gasteiger partial charge in [-0.2, -0.15) is 0 Å². The summed E-state index contributed by atoms with van der Waals surface area (Å²) in [6.07, 6.45) is 2.83. The molecule has 0 unspecified atom stereocenters. The number of amides is 2. The maximum absolute atomic E-state index is 12.8. The van der Waals surface area contributed by atoms with Crippen LogP contribution in [0.15, 0.2) is 18.2 Å². The minimum absolute atomic E-state index is 0.0398. The van der Waals surface area contributed by atoms with E-state index >= 15 is 0 Å². The molecule has 1 aromatic carbocycles. The lowest BCUT2D eigenvalue weighted by Crippen LogP contribution is -2.46. The Morgan fingerprint density at radius 2 is 1.93 bits per heavy atom. The van der Waals surface area contributed by atoms with Crippen molar-refractivity contribution in [1.82, 2.24) is 10.2 Å². The maximum Gasteiger partial charge on any atom is 0.222 e. The largest absolute Gasteiger partial charge is 0.493 e. The number of hydrogen-bond donors (Lipinski definition) is 1. The van der Waals surface area contributed by atoms with Crippen LogP contribution in [0, 0.1) is 0 Å². The lowest BCUT2D eigenvalue weighted by atomic mass is 9.84. The minimum Gasteiger partial charge on any atom is -0.493 e. The number of rotatable bonds is 11. The highest BCUT2D eigenvalue weighted by atomic mass is 16.5. The second-order valence-electron chi connectivity index (χ2n) is 7.87. The summed E-state index contributed by atoms with van der Waals surface area (Å²) >= 11 is 0. The summed E-state index contributed by atoms with van der Waals surface area (Å²) in [4.78, 5) is 26.7. The van der Waals surface area contributed by atoms with Crippen molar-refractivity contribution >= 4 is 11.8 Å². The highest BCUT2D eigenvalue weighted by Gasteiger charge is 2.38. The molecule has 1 N–H and O–H groups in total. The fraction of sp³-hybridized carbons (Fsp3) is 0.636. The number of nitrogens with zero attached hydrogens (tertiary/aromatic N) is 1. The van der Waals surface area contributed by atoms with Gasteiger partial charge in [-0.3, -0.25) is 9.59 Å². The van der Waals surface area contributed by atoms with E-state index < -0.39 is 5.54 Å². The smallest absolute Gasteiger partial charge is 0.222 e. The lowest BCUT2D eigenvalue weighted by Gasteiger charge is -2.32. The second-order valence-corrected chi connectivity index (χ2v) is 7.87. The molecule has 1 fully saturated rings. The third-order valence-electron chi connectivity index (χ3n) is 5.52. The molecule has 29 heavy (non-hydrogen) atoms. The summed E-state index contributed by atoms with van der Waals surface area (Å²) < 4.78 is 15.8. The van der Waals surface area contributed by atoms with Gasteiger partial charge < -0.3 is 24.4 Å². The third-order valence-corrected chi connectivity index (χ3v) is 5.52. The molecule has 2 rings (SSSR count). The Labute approximate surface area is 173 Å². The highest BCUT2D eigenvalue weighted by molar-refractivity contribution is 5.80. The highest BCUT2D eigenvalue weighted by Crippen LogP contribution is 2.33. The Morgan fingerprint density at radius 3 is 2.48 bits per heavy atom. The second kappa shape index (κ2) is 10.5. The number of nitrogens with one attached hydrogen (secondary N) is 1. The molecule has 0 radical (unpaired) electrons. The number of hydrogen-bond acceptors (Lipinski definition) is 5. The summed E-state index contributed by atoms with van der Waals surface area (Å²) in [5.74, 6) is 1.45. The van der Waals surface area contributed by atoms with E-state index in [2.05, 4.69) is 5.32 Å². The van der Waals surface area contributed by atoms with E-state index in [0.717, 1.165) is 5.56 Å². The van der Waals surface area contributed by atoms with Crippen LogP contribution < -0.4 is 14.8 Å². The van der Waals surface area contributed by atoms with Crippen LogP contribution in [0.25, 0.3) is 0 Å². The Balaban J connectivity index is 2.12. The van der Waals surface area contributed by atoms with Crippen LogP contribution in [0.2, 0.25) is 0 Å². The van der Waals surface area contributed by atoms with Gasteiger partial charge in [-0.15, -0.1) is 0 Å². The van der Waals surface area contributed by atoms with Gasteiger partial charge in [-0.1, -0.05) is 6.07 Å². The number of ether oxygens (including phenoxy) is 3. The number of carbonyl (C=O) groups is 2. The van der Waals surface area contributed by atoms with Gasteiger partial charge in [-0.25, -0.2) is 0 Å². The van der Waals surface area contributed by atoms with Crippen molar-refractivity contribution in [3.05, 3.63) is 23.8 Å². The molecule has 0 aromatic heterocycles. The lowest BCUT2D eigenvalue weighted by molar-refractivity contribution is -0.134. The quantitative estimate of drug-likeness (QED) is 0.611. The van der Waals surface area contributed by atoms with Crippen LogP contribution in [0.1, 0.15) is 45.1 Å². The van der Waals surface area contributed by atoms with E-state index in [1.165, 1.54) is 0 Å². The van der Waals surface area contributed by atoms with E-state index in [1.54, 1.807) is 21.3 Å². The van der Waals surface area contributed by atoms with E-state index in [1.807, 2.05) is 36.9 Å². The number of carbonyl (C=O) groups excluding carboxylic acids is 2. The Kier molecular flexibility index (Phi) is 8.32. The van der Waals surface area contributed by atoms with Crippen LogP contribution in [-0.4, -0.2) is 62.8 Å². The zero-order valence-corrected chi connectivity index (χ0v) is 18.2. The monoisotopic (exact) mass is 406 g/mol. The van der Waals surface area contributed by atoms with Crippen LogP contribution in [0.4, 0.5) is 0 Å². The van der Waals surface area contributed by atoms with Gasteiger partial charge in [0.05, 0.1) is 20.8 Å². The van der Waals surface area contributed by atoms with Crippen molar-refractivity contribution in [3.8, 4) is 11.5 Å². The van der Waals surface area contributed by atoms with Crippen molar-refractivity contribution < 1.29 is 23.8 Å². The normalized spacial score (nSPS) is 18.6. The summed E-state index contributed by atoms with van der Waals surface area (Å²) in [5, 5.41) is 3.14. The molecule has 1 aliphatic rings. The van der Waals surface area contributed by atoms with Gasteiger partial charge in [0, 0.05) is 38.1 Å². The number of benzene rings is 1. The predicted octanol–water partition coefficient (Wildman–Crippen LogP) is 2.56. The fourth-order valence-electron chi connectivity index (χ4n) is 3.91. The molecule has 1 aliphatic heterocycles. The van der Waals surface area contributed by atoms with Crippen molar-refractivity contribution in [1.29, 1.82) is 0 Å². The van der Waals surface area contributed by atoms with Crippen LogP contribution in [-0.2, 0) is 20.7 Å². The van der Waals surface area contributed by atoms with Crippen LogP contribution in [0.5, 0.6) is 11.5 Å². The Bertz CT molecular complexity index is 706. The summed E-state index contributed by atoms with van der Waals surface area (Å²) in [6, 6.07) is 5.90. The first-order valence-electron chi connectivity index (χ1n) is 10.1.